The normalized spacial score (nSPS) is 13.6. The molecule has 0 aliphatic carbocycles. The zero-order valence-corrected chi connectivity index (χ0v) is 16.4. The van der Waals surface area contributed by atoms with Gasteiger partial charge in [-0.2, -0.15) is 0 Å². The van der Waals surface area contributed by atoms with Crippen LogP contribution in [0.3, 0.4) is 0 Å². The van der Waals surface area contributed by atoms with Crippen LogP contribution in [-0.4, -0.2) is 85.1 Å². The van der Waals surface area contributed by atoms with Crippen LogP contribution < -0.4 is 21.7 Å². The third-order valence-electron chi connectivity index (χ3n) is 4.18. The van der Waals surface area contributed by atoms with Crippen LogP contribution in [0.2, 0.25) is 0 Å². The van der Waals surface area contributed by atoms with Gasteiger partial charge in [-0.1, -0.05) is 0 Å². The summed E-state index contributed by atoms with van der Waals surface area (Å²) in [6, 6.07) is -3.56. The highest BCUT2D eigenvalue weighted by atomic mass is 16.4. The van der Waals surface area contributed by atoms with Gasteiger partial charge < -0.3 is 41.9 Å². The number of carboxylic acid groups (broad SMARTS) is 1. The first-order valence-electron chi connectivity index (χ1n) is 9.21. The van der Waals surface area contributed by atoms with E-state index in [2.05, 4.69) is 35.9 Å². The Morgan fingerprint density at radius 2 is 1.55 bits per heavy atom. The van der Waals surface area contributed by atoms with E-state index in [0.717, 1.165) is 0 Å². The number of imidazole rings is 2. The third-order valence-corrected chi connectivity index (χ3v) is 4.18. The van der Waals surface area contributed by atoms with Crippen LogP contribution in [0.1, 0.15) is 11.4 Å². The van der Waals surface area contributed by atoms with Gasteiger partial charge in [-0.3, -0.25) is 14.4 Å². The molecule has 0 saturated carbocycles. The van der Waals surface area contributed by atoms with Crippen LogP contribution in [0.4, 0.5) is 0 Å². The number of aliphatic hydroxyl groups excluding tert-OH is 1. The molecule has 3 unspecified atom stereocenters. The summed E-state index contributed by atoms with van der Waals surface area (Å²) in [6.45, 7) is -1.13. The number of nitrogens with two attached hydrogens (primary N) is 1. The number of rotatable bonds is 12. The smallest absolute Gasteiger partial charge is 0.326 e. The predicted molar refractivity (Wildman–Crippen MR) is 104 cm³/mol. The van der Waals surface area contributed by atoms with Crippen molar-refractivity contribution in [1.29, 1.82) is 0 Å². The molecule has 0 radical (unpaired) electrons. The molecule has 14 heteroatoms. The Labute approximate surface area is 176 Å². The Morgan fingerprint density at radius 1 is 0.968 bits per heavy atom. The maximum Gasteiger partial charge on any atom is 0.326 e. The lowest BCUT2D eigenvalue weighted by molar-refractivity contribution is -0.141. The van der Waals surface area contributed by atoms with Gasteiger partial charge in [-0.05, 0) is 0 Å². The topological polar surface area (TPSA) is 228 Å². The summed E-state index contributed by atoms with van der Waals surface area (Å²) in [5, 5.41) is 25.3. The molecule has 2 rings (SSSR count). The molecule has 31 heavy (non-hydrogen) atoms. The van der Waals surface area contributed by atoms with Crippen LogP contribution in [0, 0.1) is 0 Å². The number of carbonyl (C=O) groups is 4. The van der Waals surface area contributed by atoms with Crippen molar-refractivity contribution in [2.75, 3.05) is 13.2 Å². The van der Waals surface area contributed by atoms with Crippen LogP contribution >= 0.6 is 0 Å². The van der Waals surface area contributed by atoms with Crippen molar-refractivity contribution in [3.8, 4) is 0 Å². The number of aliphatic hydroxyl groups is 1. The van der Waals surface area contributed by atoms with Crippen LogP contribution in [0.25, 0.3) is 0 Å². The number of carboxylic acids is 1. The van der Waals surface area contributed by atoms with Gasteiger partial charge in [-0.15, -0.1) is 0 Å². The maximum absolute atomic E-state index is 12.5. The van der Waals surface area contributed by atoms with Crippen molar-refractivity contribution in [1.82, 2.24) is 35.9 Å². The van der Waals surface area contributed by atoms with E-state index >= 15 is 0 Å². The maximum atomic E-state index is 12.5. The Morgan fingerprint density at radius 3 is 2.03 bits per heavy atom. The Hall–Kier alpha value is -3.78. The van der Waals surface area contributed by atoms with E-state index in [-0.39, 0.29) is 12.8 Å². The number of hydrogen-bond acceptors (Lipinski definition) is 8. The van der Waals surface area contributed by atoms with E-state index in [1.165, 1.54) is 25.0 Å². The molecule has 0 bridgehead atoms. The first kappa shape index (κ1) is 23.5. The minimum Gasteiger partial charge on any atom is -0.480 e. The summed E-state index contributed by atoms with van der Waals surface area (Å²) in [5.41, 5.74) is 6.51. The second-order valence-electron chi connectivity index (χ2n) is 6.59. The molecule has 14 nitrogen and oxygen atoms in total. The molecule has 0 aliphatic heterocycles. The van der Waals surface area contributed by atoms with Gasteiger partial charge in [0.15, 0.2) is 0 Å². The SMILES string of the molecule is NC(CO)C(=O)NC(Cc1cnc[nH]1)C(=O)NCC(=O)NC(Cc1cnc[nH]1)C(=O)O. The highest BCUT2D eigenvalue weighted by molar-refractivity contribution is 5.92. The fourth-order valence-electron chi connectivity index (χ4n) is 2.54. The van der Waals surface area contributed by atoms with Gasteiger partial charge in [-0.25, -0.2) is 14.8 Å². The molecule has 9 N–H and O–H groups in total. The first-order chi connectivity index (χ1) is 14.8. The van der Waals surface area contributed by atoms with E-state index in [4.69, 9.17) is 10.8 Å². The van der Waals surface area contributed by atoms with Gasteiger partial charge in [0.2, 0.25) is 17.7 Å². The van der Waals surface area contributed by atoms with E-state index < -0.39 is 55.0 Å². The molecule has 2 aromatic heterocycles. The van der Waals surface area contributed by atoms with E-state index in [1.807, 2.05) is 0 Å². The predicted octanol–water partition coefficient (Wildman–Crippen LogP) is -3.59. The summed E-state index contributed by atoms with van der Waals surface area (Å²) in [6.07, 6.45) is 5.67. The number of aromatic amines is 2. The number of aromatic nitrogens is 4. The Balaban J connectivity index is 1.93. The van der Waals surface area contributed by atoms with Gasteiger partial charge in [0.05, 0.1) is 25.8 Å². The van der Waals surface area contributed by atoms with Crippen molar-refractivity contribution in [2.24, 2.45) is 5.73 Å². The molecule has 2 heterocycles. The molecule has 168 valence electrons. The standard InChI is InChI=1S/C17H24N8O6/c18-11(6-26)15(28)25-12(1-9-3-19-7-22-9)16(29)21-5-14(27)24-13(17(30)31)2-10-4-20-8-23-10/h3-4,7-8,11-13,26H,1-2,5-6,18H2,(H,19,22)(H,20,23)(H,21,29)(H,24,27)(H,25,28)(H,30,31). The zero-order valence-electron chi connectivity index (χ0n) is 16.4. The minimum absolute atomic E-state index is 0.0213. The second-order valence-corrected chi connectivity index (χ2v) is 6.59. The highest BCUT2D eigenvalue weighted by Crippen LogP contribution is 2.01. The largest absolute Gasteiger partial charge is 0.480 e. The summed E-state index contributed by atoms with van der Waals surface area (Å²) in [4.78, 5) is 61.1. The van der Waals surface area contributed by atoms with E-state index in [0.29, 0.717) is 11.4 Å². The fourth-order valence-corrected chi connectivity index (χ4v) is 2.54. The van der Waals surface area contributed by atoms with Crippen molar-refractivity contribution >= 4 is 23.7 Å². The van der Waals surface area contributed by atoms with Crippen molar-refractivity contribution in [3.63, 3.8) is 0 Å². The van der Waals surface area contributed by atoms with Gasteiger partial charge in [0.1, 0.15) is 18.1 Å². The van der Waals surface area contributed by atoms with Crippen LogP contribution in [0.15, 0.2) is 25.0 Å². The molecule has 2 aromatic rings. The van der Waals surface area contributed by atoms with Crippen molar-refractivity contribution in [2.45, 2.75) is 31.0 Å². The molecule has 0 fully saturated rings. The van der Waals surface area contributed by atoms with Gasteiger partial charge >= 0.3 is 5.97 Å². The molecule has 0 saturated heterocycles. The molecule has 0 aromatic carbocycles. The minimum atomic E-state index is -1.25. The molecule has 3 amide bonds. The lowest BCUT2D eigenvalue weighted by Gasteiger charge is -2.20. The molecule has 3 atom stereocenters. The number of aliphatic carboxylic acids is 1. The first-order valence-corrected chi connectivity index (χ1v) is 9.21. The zero-order chi connectivity index (χ0) is 22.8. The van der Waals surface area contributed by atoms with Gasteiger partial charge in [0, 0.05) is 36.6 Å². The van der Waals surface area contributed by atoms with Crippen molar-refractivity contribution < 1.29 is 29.4 Å². The number of nitrogens with one attached hydrogen (secondary N) is 5. The number of carbonyl (C=O) groups excluding carboxylic acids is 3. The van der Waals surface area contributed by atoms with Crippen LogP contribution in [0.5, 0.6) is 0 Å². The summed E-state index contributed by atoms with van der Waals surface area (Å²) < 4.78 is 0. The van der Waals surface area contributed by atoms with E-state index in [9.17, 15) is 24.3 Å². The van der Waals surface area contributed by atoms with Crippen LogP contribution in [-0.2, 0) is 32.0 Å². The monoisotopic (exact) mass is 436 g/mol. The number of amides is 3. The third kappa shape index (κ3) is 7.52. The average Bonchev–Trinajstić information content (AvgIpc) is 3.44. The lowest BCUT2D eigenvalue weighted by Crippen LogP contribution is -2.55. The number of H-pyrrole nitrogens is 2. The molecule has 0 spiro atoms. The summed E-state index contributed by atoms with van der Waals surface area (Å²) in [7, 11) is 0. The summed E-state index contributed by atoms with van der Waals surface area (Å²) >= 11 is 0. The van der Waals surface area contributed by atoms with Gasteiger partial charge in [0.25, 0.3) is 0 Å². The van der Waals surface area contributed by atoms with E-state index in [1.54, 1.807) is 0 Å². The molecule has 0 aliphatic rings. The fraction of sp³-hybridized carbons (Fsp3) is 0.412. The quantitative estimate of drug-likeness (QED) is 0.164. The molecular formula is C17H24N8O6. The lowest BCUT2D eigenvalue weighted by atomic mass is 10.1. The Kier molecular flexibility index (Phi) is 8.65. The second kappa shape index (κ2) is 11.4. The highest BCUT2D eigenvalue weighted by Gasteiger charge is 2.26. The Bertz CT molecular complexity index is 869. The number of hydrogen-bond donors (Lipinski definition) is 8. The number of nitrogens with zero attached hydrogens (tertiary/aromatic N) is 2. The van der Waals surface area contributed by atoms with Crippen molar-refractivity contribution in [3.05, 3.63) is 36.4 Å². The average molecular weight is 436 g/mol. The summed E-state index contributed by atoms with van der Waals surface area (Å²) in [5.74, 6) is -3.45. The molecular weight excluding hydrogens is 412 g/mol.